The third-order valence-corrected chi connectivity index (χ3v) is 14.1. The van der Waals surface area contributed by atoms with Crippen LogP contribution in [0.2, 0.25) is 0 Å². The average Bonchev–Trinajstić information content (AvgIpc) is 3.49. The molecule has 11 heteroatoms. The number of carbonyl (C=O) groups excluding carboxylic acids is 2. The molecule has 2 aromatic rings. The molecule has 4 aliphatic carbocycles. The number of benzene rings is 2. The van der Waals surface area contributed by atoms with Gasteiger partial charge in [-0.25, -0.2) is 4.39 Å². The highest BCUT2D eigenvalue weighted by atomic mass is 19.1. The van der Waals surface area contributed by atoms with Gasteiger partial charge in [0.1, 0.15) is 23.7 Å². The number of aliphatic hydroxyl groups excluding tert-OH is 2. The van der Waals surface area contributed by atoms with Gasteiger partial charge in [-0.3, -0.25) is 14.4 Å². The lowest BCUT2D eigenvalue weighted by atomic mass is 9.21. The summed E-state index contributed by atoms with van der Waals surface area (Å²) in [7, 11) is 5.54. The van der Waals surface area contributed by atoms with Crippen LogP contribution in [0.1, 0.15) is 82.1 Å². The highest BCUT2D eigenvalue weighted by Crippen LogP contribution is 2.81. The number of ether oxygens (including phenoxy) is 1. The number of hydrogen-bond donors (Lipinski definition) is 4. The number of carbonyl (C=O) groups is 2. The second-order valence-corrected chi connectivity index (χ2v) is 17.6. The fourth-order valence-corrected chi connectivity index (χ4v) is 11.5. The van der Waals surface area contributed by atoms with Crippen molar-refractivity contribution in [2.45, 2.75) is 103 Å². The largest absolute Gasteiger partial charge is 0.496 e. The number of hydrogen-bond acceptors (Lipinski definition) is 8. The molecule has 2 aromatic carbocycles. The number of halogens is 1. The van der Waals surface area contributed by atoms with Crippen LogP contribution < -0.4 is 15.4 Å². The van der Waals surface area contributed by atoms with E-state index in [1.807, 2.05) is 32.3 Å². The molecule has 10 atom stereocenters. The molecule has 5 fully saturated rings. The number of likely N-dealkylation sites (N-methyl/N-ethyl adjacent to an activating group) is 1. The maximum Gasteiger partial charge on any atom is 0.251 e. The molecule has 10 nitrogen and oxygen atoms in total. The van der Waals surface area contributed by atoms with Crippen LogP contribution in [-0.4, -0.2) is 96.2 Å². The molecule has 4 saturated carbocycles. The van der Waals surface area contributed by atoms with Crippen molar-refractivity contribution in [3.63, 3.8) is 0 Å². The molecule has 0 bridgehead atoms. The first kappa shape index (κ1) is 38.2. The van der Waals surface area contributed by atoms with E-state index in [2.05, 4.69) is 36.3 Å². The fraction of sp³-hybridized carbons (Fsp3) is 0.667. The predicted molar refractivity (Wildman–Crippen MR) is 200 cm³/mol. The van der Waals surface area contributed by atoms with Crippen molar-refractivity contribution in [1.29, 1.82) is 0 Å². The first-order valence-corrected chi connectivity index (χ1v) is 19.7. The molecule has 1 heterocycles. The molecule has 0 spiro atoms. The second kappa shape index (κ2) is 14.5. The highest BCUT2D eigenvalue weighted by molar-refractivity contribution is 5.96. The van der Waals surface area contributed by atoms with Crippen LogP contribution in [0.15, 0.2) is 36.4 Å². The van der Waals surface area contributed by atoms with Gasteiger partial charge in [-0.2, -0.15) is 5.06 Å². The Morgan fingerprint density at radius 2 is 1.87 bits per heavy atom. The quantitative estimate of drug-likeness (QED) is 0.227. The Bertz CT molecular complexity index is 1690. The number of hydroxylamine groups is 2. The Balaban J connectivity index is 1.14. The fourth-order valence-electron chi connectivity index (χ4n) is 11.5. The van der Waals surface area contributed by atoms with Crippen molar-refractivity contribution in [1.82, 2.24) is 20.6 Å². The summed E-state index contributed by atoms with van der Waals surface area (Å²) in [4.78, 5) is 36.3. The summed E-state index contributed by atoms with van der Waals surface area (Å²) in [5, 5.41) is 29.5. The van der Waals surface area contributed by atoms with E-state index < -0.39 is 30.0 Å². The third-order valence-electron chi connectivity index (χ3n) is 14.1. The van der Waals surface area contributed by atoms with Crippen LogP contribution >= 0.6 is 0 Å². The summed E-state index contributed by atoms with van der Waals surface area (Å²) in [6.45, 7) is 8.99. The van der Waals surface area contributed by atoms with Crippen molar-refractivity contribution in [3.05, 3.63) is 53.3 Å². The predicted octanol–water partition coefficient (Wildman–Crippen LogP) is 5.01. The van der Waals surface area contributed by atoms with E-state index in [4.69, 9.17) is 9.57 Å². The van der Waals surface area contributed by atoms with Gasteiger partial charge in [0.2, 0.25) is 5.91 Å². The van der Waals surface area contributed by atoms with E-state index in [1.54, 1.807) is 18.1 Å². The Hall–Kier alpha value is -3.09. The first-order valence-electron chi connectivity index (χ1n) is 19.7. The minimum Gasteiger partial charge on any atom is -0.496 e. The van der Waals surface area contributed by atoms with E-state index in [9.17, 15) is 19.8 Å². The molecular weight excluding hydrogens is 675 g/mol. The molecule has 1 saturated heterocycles. The van der Waals surface area contributed by atoms with Gasteiger partial charge in [-0.05, 0) is 99.0 Å². The zero-order chi connectivity index (χ0) is 38.0. The molecule has 4 N–H and O–H groups in total. The number of para-hydroxylation sites is 1. The van der Waals surface area contributed by atoms with Gasteiger partial charge in [0.15, 0.2) is 0 Å². The molecular formula is C42H59FN4O6. The Labute approximate surface area is 313 Å². The number of amides is 2. The normalized spacial score (nSPS) is 32.8. The van der Waals surface area contributed by atoms with Crippen molar-refractivity contribution < 1.29 is 33.8 Å². The third kappa shape index (κ3) is 6.48. The van der Waals surface area contributed by atoms with Gasteiger partial charge < -0.3 is 30.5 Å². The van der Waals surface area contributed by atoms with Crippen molar-refractivity contribution in [2.24, 2.45) is 40.9 Å². The molecule has 53 heavy (non-hydrogen) atoms. The highest BCUT2D eigenvalue weighted by Gasteiger charge is 2.83. The van der Waals surface area contributed by atoms with Crippen LogP contribution in [0.3, 0.4) is 0 Å². The molecule has 5 aliphatic rings. The van der Waals surface area contributed by atoms with Crippen LogP contribution in [0, 0.1) is 46.7 Å². The van der Waals surface area contributed by atoms with Gasteiger partial charge in [0.25, 0.3) is 5.91 Å². The summed E-state index contributed by atoms with van der Waals surface area (Å²) < 4.78 is 21.3. The van der Waals surface area contributed by atoms with E-state index in [1.165, 1.54) is 25.7 Å². The number of nitrogens with one attached hydrogen (secondary N) is 2. The van der Waals surface area contributed by atoms with Crippen molar-refractivity contribution in [2.75, 3.05) is 34.4 Å². The average molecular weight is 735 g/mol. The zero-order valence-corrected chi connectivity index (χ0v) is 32.4. The summed E-state index contributed by atoms with van der Waals surface area (Å²) in [5.74, 6) is 1.13. The molecule has 0 aromatic heterocycles. The minimum absolute atomic E-state index is 0.0407. The first-order chi connectivity index (χ1) is 25.2. The SMILES string of the molecule is COc1c(CN2O[C@@H](CO)[C@@H]([C@H](C)O)[C@H]2C(=O)N[C@@]23C[C@H]4C2[C@@H]([C@@H]3C)C4(C)C)cccc1-c1cc(F)cc(C(=O)N[C@H](CN(C)C)C2CCCCC2)c1. The van der Waals surface area contributed by atoms with Gasteiger partial charge >= 0.3 is 0 Å². The van der Waals surface area contributed by atoms with E-state index >= 15 is 4.39 Å². The molecule has 290 valence electrons. The molecule has 1 unspecified atom stereocenters. The summed E-state index contributed by atoms with van der Waals surface area (Å²) in [5.41, 5.74) is 2.03. The number of aliphatic hydroxyl groups is 2. The second-order valence-electron chi connectivity index (χ2n) is 17.6. The topological polar surface area (TPSA) is 124 Å². The number of nitrogens with zero attached hydrogens (tertiary/aromatic N) is 2. The Morgan fingerprint density at radius 1 is 1.13 bits per heavy atom. The molecule has 1 aliphatic heterocycles. The smallest absolute Gasteiger partial charge is 0.251 e. The lowest BCUT2D eigenvalue weighted by Gasteiger charge is -2.86. The van der Waals surface area contributed by atoms with Gasteiger partial charge in [-0.1, -0.05) is 58.2 Å². The number of rotatable bonds is 13. The van der Waals surface area contributed by atoms with E-state index in [0.717, 1.165) is 32.1 Å². The summed E-state index contributed by atoms with van der Waals surface area (Å²) >= 11 is 0. The van der Waals surface area contributed by atoms with Crippen LogP contribution in [0.4, 0.5) is 4.39 Å². The molecule has 7 rings (SSSR count). The lowest BCUT2D eigenvalue weighted by Crippen LogP contribution is -2.90. The van der Waals surface area contributed by atoms with E-state index in [0.29, 0.717) is 64.0 Å². The van der Waals surface area contributed by atoms with Crippen LogP contribution in [-0.2, 0) is 16.2 Å². The molecule has 0 radical (unpaired) electrons. The lowest BCUT2D eigenvalue weighted by molar-refractivity contribution is -0.349. The van der Waals surface area contributed by atoms with Crippen LogP contribution in [0.5, 0.6) is 5.75 Å². The number of methoxy groups -OCH3 is 1. The van der Waals surface area contributed by atoms with E-state index in [-0.39, 0.29) is 42.1 Å². The van der Waals surface area contributed by atoms with Gasteiger partial charge in [-0.15, -0.1) is 0 Å². The maximum atomic E-state index is 15.3. The van der Waals surface area contributed by atoms with Gasteiger partial charge in [0.05, 0.1) is 26.4 Å². The van der Waals surface area contributed by atoms with Crippen molar-refractivity contribution in [3.8, 4) is 16.9 Å². The van der Waals surface area contributed by atoms with Gasteiger partial charge in [0, 0.05) is 40.7 Å². The standard InChI is InChI=1S/C42H59FN4O6/c1-23-35-36-31(41(35,3)4)19-42(23,36)45-40(51)37-34(24(2)49)33(22-48)53-47(37)20-26-14-11-15-30(38(26)52-7)27-16-28(18-29(43)17-27)39(50)44-32(21-46(5)6)25-12-9-8-10-13-25/h11,14-18,23-25,31-37,48-49H,8-10,12-13,19-22H2,1-7H3,(H,44,50)(H,45,51)/t23-,24-,31-,32+,33-,34+,35+,36?,37-,42+/m0/s1. The summed E-state index contributed by atoms with van der Waals surface area (Å²) in [6, 6.07) is 8.97. The zero-order valence-electron chi connectivity index (χ0n) is 32.4. The maximum absolute atomic E-state index is 15.3. The minimum atomic E-state index is -0.922. The Morgan fingerprint density at radius 3 is 2.49 bits per heavy atom. The monoisotopic (exact) mass is 734 g/mol. The Kier molecular flexibility index (Phi) is 10.5. The molecule has 2 amide bonds. The van der Waals surface area contributed by atoms with Crippen molar-refractivity contribution >= 4 is 11.8 Å². The summed E-state index contributed by atoms with van der Waals surface area (Å²) in [6.07, 6.45) is 4.90. The van der Waals surface area contributed by atoms with Crippen LogP contribution in [0.25, 0.3) is 11.1 Å².